The fourth-order valence-corrected chi connectivity index (χ4v) is 2.12. The Labute approximate surface area is 118 Å². The van der Waals surface area contributed by atoms with Crippen LogP contribution in [0.5, 0.6) is 0 Å². The summed E-state index contributed by atoms with van der Waals surface area (Å²) in [5.74, 6) is 0.594. The zero-order valence-electron chi connectivity index (χ0n) is 11.7. The smallest absolute Gasteiger partial charge is 0.338 e. The van der Waals surface area contributed by atoms with Gasteiger partial charge >= 0.3 is 5.97 Å². The van der Waals surface area contributed by atoms with E-state index in [1.165, 1.54) is 7.11 Å². The number of hydrogen-bond acceptors (Lipinski definition) is 4. The maximum atomic E-state index is 11.7. The Balaban J connectivity index is 2.09. The van der Waals surface area contributed by atoms with Crippen molar-refractivity contribution in [3.63, 3.8) is 0 Å². The molecule has 0 spiro atoms. The standard InChI is InChI=1S/C15H19N3O2/c1-3-13(14-16-8-9-17-14)18-10-11-6-4-5-7-12(11)15(19)20-2/h4-9,13,18H,3,10H2,1-2H3,(H,16,17). The molecule has 0 amide bonds. The van der Waals surface area contributed by atoms with Gasteiger partial charge in [0, 0.05) is 18.9 Å². The molecule has 0 fully saturated rings. The van der Waals surface area contributed by atoms with Crippen LogP contribution >= 0.6 is 0 Å². The van der Waals surface area contributed by atoms with Crippen LogP contribution in [0.2, 0.25) is 0 Å². The van der Waals surface area contributed by atoms with Crippen molar-refractivity contribution < 1.29 is 9.53 Å². The summed E-state index contributed by atoms with van der Waals surface area (Å²) in [6.07, 6.45) is 4.46. The highest BCUT2D eigenvalue weighted by Gasteiger charge is 2.14. The van der Waals surface area contributed by atoms with Gasteiger partial charge in [-0.1, -0.05) is 25.1 Å². The van der Waals surface area contributed by atoms with Gasteiger partial charge in [0.2, 0.25) is 0 Å². The third kappa shape index (κ3) is 3.24. The van der Waals surface area contributed by atoms with Gasteiger partial charge in [0.15, 0.2) is 0 Å². The van der Waals surface area contributed by atoms with Crippen molar-refractivity contribution in [3.8, 4) is 0 Å². The third-order valence-corrected chi connectivity index (χ3v) is 3.22. The molecule has 1 atom stereocenters. The Hall–Kier alpha value is -2.14. The molecule has 0 aliphatic carbocycles. The molecule has 2 aromatic rings. The highest BCUT2D eigenvalue weighted by atomic mass is 16.5. The summed E-state index contributed by atoms with van der Waals surface area (Å²) < 4.78 is 4.80. The van der Waals surface area contributed by atoms with Crippen LogP contribution in [-0.2, 0) is 11.3 Å². The van der Waals surface area contributed by atoms with Crippen molar-refractivity contribution in [2.24, 2.45) is 0 Å². The van der Waals surface area contributed by atoms with Gasteiger partial charge in [-0.15, -0.1) is 0 Å². The minimum atomic E-state index is -0.312. The molecule has 106 valence electrons. The molecule has 0 radical (unpaired) electrons. The van der Waals surface area contributed by atoms with E-state index in [9.17, 15) is 4.79 Å². The lowest BCUT2D eigenvalue weighted by atomic mass is 10.1. The number of esters is 1. The molecule has 0 saturated carbocycles. The first kappa shape index (κ1) is 14.3. The number of imidazole rings is 1. The Morgan fingerprint density at radius 1 is 1.45 bits per heavy atom. The molecule has 5 heteroatoms. The van der Waals surface area contributed by atoms with E-state index in [1.54, 1.807) is 12.3 Å². The van der Waals surface area contributed by atoms with Crippen molar-refractivity contribution in [2.75, 3.05) is 7.11 Å². The summed E-state index contributed by atoms with van der Waals surface area (Å²) >= 11 is 0. The highest BCUT2D eigenvalue weighted by molar-refractivity contribution is 5.90. The number of aromatic amines is 1. The van der Waals surface area contributed by atoms with Gasteiger partial charge < -0.3 is 15.0 Å². The number of ether oxygens (including phenoxy) is 1. The molecular formula is C15H19N3O2. The quantitative estimate of drug-likeness (QED) is 0.793. The number of methoxy groups -OCH3 is 1. The first-order valence-corrected chi connectivity index (χ1v) is 6.65. The number of carbonyl (C=O) groups is 1. The molecule has 0 aliphatic rings. The lowest BCUT2D eigenvalue weighted by Crippen LogP contribution is -2.22. The van der Waals surface area contributed by atoms with Gasteiger partial charge in [-0.25, -0.2) is 9.78 Å². The monoisotopic (exact) mass is 273 g/mol. The van der Waals surface area contributed by atoms with E-state index in [1.807, 2.05) is 24.4 Å². The molecule has 2 N–H and O–H groups in total. The first-order chi connectivity index (χ1) is 9.76. The molecule has 0 saturated heterocycles. The highest BCUT2D eigenvalue weighted by Crippen LogP contribution is 2.15. The van der Waals surface area contributed by atoms with E-state index in [0.717, 1.165) is 17.8 Å². The normalized spacial score (nSPS) is 12.1. The van der Waals surface area contributed by atoms with Crippen LogP contribution < -0.4 is 5.32 Å². The van der Waals surface area contributed by atoms with Gasteiger partial charge in [0.1, 0.15) is 5.82 Å². The van der Waals surface area contributed by atoms with Gasteiger partial charge in [0.05, 0.1) is 18.7 Å². The number of carbonyl (C=O) groups excluding carboxylic acids is 1. The average Bonchev–Trinajstić information content (AvgIpc) is 3.02. The van der Waals surface area contributed by atoms with Gasteiger partial charge in [-0.2, -0.15) is 0 Å². The second-order valence-electron chi connectivity index (χ2n) is 4.46. The predicted octanol–water partition coefficient (Wildman–Crippen LogP) is 2.44. The van der Waals surface area contributed by atoms with Gasteiger partial charge in [-0.05, 0) is 18.1 Å². The van der Waals surface area contributed by atoms with E-state index in [-0.39, 0.29) is 12.0 Å². The lowest BCUT2D eigenvalue weighted by Gasteiger charge is -2.16. The fraction of sp³-hybridized carbons (Fsp3) is 0.333. The topological polar surface area (TPSA) is 67.0 Å². The zero-order chi connectivity index (χ0) is 14.4. The molecule has 1 aromatic carbocycles. The molecule has 2 rings (SSSR count). The number of nitrogens with zero attached hydrogens (tertiary/aromatic N) is 1. The number of rotatable bonds is 6. The number of H-pyrrole nitrogens is 1. The maximum absolute atomic E-state index is 11.7. The number of hydrogen-bond donors (Lipinski definition) is 2. The van der Waals surface area contributed by atoms with Crippen molar-refractivity contribution >= 4 is 5.97 Å². The largest absolute Gasteiger partial charge is 0.465 e. The summed E-state index contributed by atoms with van der Waals surface area (Å²) in [7, 11) is 1.39. The van der Waals surface area contributed by atoms with E-state index >= 15 is 0 Å². The molecule has 20 heavy (non-hydrogen) atoms. The van der Waals surface area contributed by atoms with Crippen molar-refractivity contribution in [2.45, 2.75) is 25.9 Å². The molecule has 1 heterocycles. The van der Waals surface area contributed by atoms with E-state index in [0.29, 0.717) is 12.1 Å². The van der Waals surface area contributed by atoms with Crippen molar-refractivity contribution in [1.82, 2.24) is 15.3 Å². The van der Waals surface area contributed by atoms with Gasteiger partial charge in [-0.3, -0.25) is 0 Å². The number of aromatic nitrogens is 2. The molecule has 5 nitrogen and oxygen atoms in total. The second kappa shape index (κ2) is 6.86. The summed E-state index contributed by atoms with van der Waals surface area (Å²) in [4.78, 5) is 19.1. The summed E-state index contributed by atoms with van der Waals surface area (Å²) in [6, 6.07) is 7.58. The zero-order valence-corrected chi connectivity index (χ0v) is 11.7. The van der Waals surface area contributed by atoms with E-state index in [4.69, 9.17) is 4.74 Å². The summed E-state index contributed by atoms with van der Waals surface area (Å²) in [6.45, 7) is 2.68. The van der Waals surface area contributed by atoms with Crippen molar-refractivity contribution in [3.05, 3.63) is 53.6 Å². The van der Waals surface area contributed by atoms with Crippen LogP contribution in [-0.4, -0.2) is 23.0 Å². The third-order valence-electron chi connectivity index (χ3n) is 3.22. The molecule has 0 aliphatic heterocycles. The Morgan fingerprint density at radius 3 is 2.90 bits per heavy atom. The lowest BCUT2D eigenvalue weighted by molar-refractivity contribution is 0.0599. The van der Waals surface area contributed by atoms with Crippen LogP contribution in [0.15, 0.2) is 36.7 Å². The molecule has 0 bridgehead atoms. The van der Waals surface area contributed by atoms with E-state index in [2.05, 4.69) is 22.2 Å². The number of benzene rings is 1. The van der Waals surface area contributed by atoms with Crippen LogP contribution in [0.3, 0.4) is 0 Å². The van der Waals surface area contributed by atoms with Crippen LogP contribution in [0, 0.1) is 0 Å². The molecule has 1 aromatic heterocycles. The maximum Gasteiger partial charge on any atom is 0.338 e. The number of nitrogens with one attached hydrogen (secondary N) is 2. The first-order valence-electron chi connectivity index (χ1n) is 6.65. The average molecular weight is 273 g/mol. The fourth-order valence-electron chi connectivity index (χ4n) is 2.12. The van der Waals surface area contributed by atoms with Crippen LogP contribution in [0.4, 0.5) is 0 Å². The predicted molar refractivity (Wildman–Crippen MR) is 76.2 cm³/mol. The van der Waals surface area contributed by atoms with E-state index < -0.39 is 0 Å². The SMILES string of the molecule is CCC(NCc1ccccc1C(=O)OC)c1ncc[nH]1. The van der Waals surface area contributed by atoms with Gasteiger partial charge in [0.25, 0.3) is 0 Å². The minimum absolute atomic E-state index is 0.135. The summed E-state index contributed by atoms with van der Waals surface area (Å²) in [5.41, 5.74) is 1.51. The Bertz CT molecular complexity index is 552. The summed E-state index contributed by atoms with van der Waals surface area (Å²) in [5, 5.41) is 3.41. The molecule has 1 unspecified atom stereocenters. The minimum Gasteiger partial charge on any atom is -0.465 e. The van der Waals surface area contributed by atoms with Crippen LogP contribution in [0.1, 0.15) is 41.1 Å². The Morgan fingerprint density at radius 2 is 2.25 bits per heavy atom. The second-order valence-corrected chi connectivity index (χ2v) is 4.46. The van der Waals surface area contributed by atoms with Crippen LogP contribution in [0.25, 0.3) is 0 Å². The molecular weight excluding hydrogens is 254 g/mol. The van der Waals surface area contributed by atoms with Crippen molar-refractivity contribution in [1.29, 1.82) is 0 Å². The Kier molecular flexibility index (Phi) is 4.90.